The van der Waals surface area contributed by atoms with E-state index in [1.165, 1.54) is 0 Å². The molecule has 144 valence electrons. The van der Waals surface area contributed by atoms with Gasteiger partial charge in [-0.2, -0.15) is 0 Å². The minimum Gasteiger partial charge on any atom is -0.330 e. The van der Waals surface area contributed by atoms with Gasteiger partial charge in [0, 0.05) is 37.1 Å². The molecule has 4 amide bonds. The maximum Gasteiger partial charge on any atom is 0.333 e. The number of carbonyl (C=O) groups excluding carboxylic acids is 6. The Kier molecular flexibility index (Phi) is 6.44. The van der Waals surface area contributed by atoms with Gasteiger partial charge in [-0.25, -0.2) is 9.59 Å². The minimum absolute atomic E-state index is 0.0709. The highest BCUT2D eigenvalue weighted by atomic mass is 16.7. The molecule has 0 radical (unpaired) electrons. The smallest absolute Gasteiger partial charge is 0.330 e. The maximum absolute atomic E-state index is 11.9. The number of amides is 4. The Morgan fingerprint density at radius 1 is 0.889 bits per heavy atom. The number of hydrogen-bond acceptors (Lipinski definition) is 9. The van der Waals surface area contributed by atoms with Crippen molar-refractivity contribution < 1.29 is 38.4 Å². The third-order valence-electron chi connectivity index (χ3n) is 3.71. The highest BCUT2D eigenvalue weighted by molar-refractivity contribution is 6.02. The molecule has 27 heavy (non-hydrogen) atoms. The Morgan fingerprint density at radius 2 is 1.26 bits per heavy atom. The average molecular weight is 381 g/mol. The molecule has 0 unspecified atom stereocenters. The summed E-state index contributed by atoms with van der Waals surface area (Å²) in [5.74, 6) is -5.51. The van der Waals surface area contributed by atoms with Crippen molar-refractivity contribution in [1.82, 2.24) is 10.1 Å². The third-order valence-corrected chi connectivity index (χ3v) is 3.71. The van der Waals surface area contributed by atoms with Crippen LogP contribution in [0, 0.1) is 5.92 Å². The molecule has 2 heterocycles. The fourth-order valence-electron chi connectivity index (χ4n) is 2.42. The molecular weight excluding hydrogens is 366 g/mol. The van der Waals surface area contributed by atoms with E-state index < -0.39 is 54.3 Å². The van der Waals surface area contributed by atoms with Crippen molar-refractivity contribution >= 4 is 35.6 Å². The molecule has 0 N–H and O–H groups in total. The topological polar surface area (TPSA) is 176 Å². The lowest BCUT2D eigenvalue weighted by Crippen LogP contribution is -2.34. The molecule has 0 saturated carbocycles. The van der Waals surface area contributed by atoms with Crippen molar-refractivity contribution in [2.24, 2.45) is 11.0 Å². The number of azide groups is 1. The van der Waals surface area contributed by atoms with Crippen LogP contribution in [-0.2, 0) is 38.4 Å². The Hall–Kier alpha value is -3.47. The van der Waals surface area contributed by atoms with Gasteiger partial charge in [0.1, 0.15) is 0 Å². The van der Waals surface area contributed by atoms with Crippen LogP contribution in [0.5, 0.6) is 0 Å². The average Bonchev–Trinajstić information content (AvgIpc) is 3.09. The van der Waals surface area contributed by atoms with E-state index in [1.807, 2.05) is 0 Å². The van der Waals surface area contributed by atoms with Crippen LogP contribution in [0.1, 0.15) is 38.5 Å². The first kappa shape index (κ1) is 19.8. The highest BCUT2D eigenvalue weighted by Gasteiger charge is 2.35. The second kappa shape index (κ2) is 8.76. The van der Waals surface area contributed by atoms with Crippen molar-refractivity contribution in [3.05, 3.63) is 10.4 Å². The van der Waals surface area contributed by atoms with Crippen LogP contribution >= 0.6 is 0 Å². The van der Waals surface area contributed by atoms with E-state index in [9.17, 15) is 28.8 Å². The fraction of sp³-hybridized carbons (Fsp3) is 0.571. The summed E-state index contributed by atoms with van der Waals surface area (Å²) < 4.78 is 0. The van der Waals surface area contributed by atoms with Gasteiger partial charge in [0.15, 0.2) is 0 Å². The Balaban J connectivity index is 1.92. The van der Waals surface area contributed by atoms with Crippen LogP contribution in [0.3, 0.4) is 0 Å². The van der Waals surface area contributed by atoms with Crippen LogP contribution in [0.4, 0.5) is 0 Å². The summed E-state index contributed by atoms with van der Waals surface area (Å²) in [4.78, 5) is 81.5. The van der Waals surface area contributed by atoms with Crippen molar-refractivity contribution in [3.8, 4) is 0 Å². The largest absolute Gasteiger partial charge is 0.333 e. The second-order valence-electron chi connectivity index (χ2n) is 5.78. The van der Waals surface area contributed by atoms with Crippen LogP contribution in [0.25, 0.3) is 10.4 Å². The summed E-state index contributed by atoms with van der Waals surface area (Å²) in [6.07, 6.45) is -1.21. The molecular formula is C14H15N5O8. The summed E-state index contributed by atoms with van der Waals surface area (Å²) in [6.45, 7) is -0.287. The Morgan fingerprint density at radius 3 is 1.59 bits per heavy atom. The van der Waals surface area contributed by atoms with E-state index in [0.717, 1.165) is 0 Å². The van der Waals surface area contributed by atoms with E-state index in [4.69, 9.17) is 5.53 Å². The number of nitrogens with zero attached hydrogens (tertiary/aromatic N) is 5. The zero-order valence-corrected chi connectivity index (χ0v) is 14.0. The van der Waals surface area contributed by atoms with Crippen LogP contribution in [-0.4, -0.2) is 52.2 Å². The quantitative estimate of drug-likeness (QED) is 0.242. The van der Waals surface area contributed by atoms with Crippen LogP contribution in [0.2, 0.25) is 0 Å². The number of carbonyl (C=O) groups is 6. The highest BCUT2D eigenvalue weighted by Crippen LogP contribution is 2.18. The number of hydroxylamine groups is 4. The van der Waals surface area contributed by atoms with E-state index in [2.05, 4.69) is 19.7 Å². The first-order chi connectivity index (χ1) is 12.8. The summed E-state index contributed by atoms with van der Waals surface area (Å²) in [6, 6.07) is 0. The molecule has 0 bridgehead atoms. The summed E-state index contributed by atoms with van der Waals surface area (Å²) >= 11 is 0. The van der Waals surface area contributed by atoms with E-state index in [-0.39, 0.29) is 32.2 Å². The number of rotatable bonds is 8. The Bertz CT molecular complexity index is 660. The van der Waals surface area contributed by atoms with E-state index >= 15 is 0 Å². The first-order valence-corrected chi connectivity index (χ1v) is 7.95. The predicted molar refractivity (Wildman–Crippen MR) is 81.1 cm³/mol. The molecule has 13 heteroatoms. The molecule has 2 fully saturated rings. The monoisotopic (exact) mass is 381 g/mol. The van der Waals surface area contributed by atoms with Gasteiger partial charge in [-0.05, 0) is 11.4 Å². The van der Waals surface area contributed by atoms with Gasteiger partial charge in [-0.3, -0.25) is 19.2 Å². The molecule has 0 atom stereocenters. The van der Waals surface area contributed by atoms with Crippen molar-refractivity contribution in [2.45, 2.75) is 38.5 Å². The Labute approximate surface area is 151 Å². The molecule has 2 aliphatic heterocycles. The lowest BCUT2D eigenvalue weighted by Gasteiger charge is -2.17. The molecule has 0 aromatic heterocycles. The zero-order chi connectivity index (χ0) is 20.0. The van der Waals surface area contributed by atoms with E-state index in [1.54, 1.807) is 0 Å². The normalized spacial score (nSPS) is 16.8. The SMILES string of the molecule is [N-]=[N+]=NCC(CC(=O)ON1C(=O)CCC1=O)CC(=O)ON1C(=O)CCC1=O. The molecule has 2 rings (SSSR count). The molecule has 0 aromatic rings. The molecule has 0 aromatic carbocycles. The summed E-state index contributed by atoms with van der Waals surface area (Å²) in [5, 5.41) is 3.98. The molecule has 13 nitrogen and oxygen atoms in total. The third kappa shape index (κ3) is 5.25. The van der Waals surface area contributed by atoms with Gasteiger partial charge in [0.25, 0.3) is 23.6 Å². The van der Waals surface area contributed by atoms with Crippen molar-refractivity contribution in [2.75, 3.05) is 6.54 Å². The predicted octanol–water partition coefficient (Wildman–Crippen LogP) is -0.0925. The van der Waals surface area contributed by atoms with Gasteiger partial charge >= 0.3 is 11.9 Å². The number of hydrogen-bond donors (Lipinski definition) is 0. The van der Waals surface area contributed by atoms with Gasteiger partial charge in [0.2, 0.25) is 0 Å². The second-order valence-corrected chi connectivity index (χ2v) is 5.78. The van der Waals surface area contributed by atoms with Crippen LogP contribution in [0.15, 0.2) is 5.11 Å². The first-order valence-electron chi connectivity index (χ1n) is 7.95. The van der Waals surface area contributed by atoms with Crippen LogP contribution < -0.4 is 0 Å². The van der Waals surface area contributed by atoms with Crippen molar-refractivity contribution in [3.63, 3.8) is 0 Å². The molecule has 0 spiro atoms. The lowest BCUT2D eigenvalue weighted by atomic mass is 10.0. The fourth-order valence-corrected chi connectivity index (χ4v) is 2.42. The lowest BCUT2D eigenvalue weighted by molar-refractivity contribution is -0.200. The zero-order valence-electron chi connectivity index (χ0n) is 14.0. The minimum atomic E-state index is -0.988. The number of imide groups is 2. The van der Waals surface area contributed by atoms with E-state index in [0.29, 0.717) is 10.1 Å². The van der Waals surface area contributed by atoms with Gasteiger partial charge in [-0.1, -0.05) is 5.11 Å². The van der Waals surface area contributed by atoms with Gasteiger partial charge < -0.3 is 9.68 Å². The van der Waals surface area contributed by atoms with Gasteiger partial charge in [0.05, 0.1) is 12.8 Å². The summed E-state index contributed by atoms with van der Waals surface area (Å²) in [5.41, 5.74) is 8.41. The standard InChI is InChI=1S/C14H15N5O8/c15-17-16-7-8(5-13(24)26-18-9(20)1-2-10(18)21)6-14(25)27-19-11(22)3-4-12(19)23/h8H,1-7H2. The summed E-state index contributed by atoms with van der Waals surface area (Å²) in [7, 11) is 0. The van der Waals surface area contributed by atoms with Crippen molar-refractivity contribution in [1.29, 1.82) is 0 Å². The molecule has 2 saturated heterocycles. The van der Waals surface area contributed by atoms with Gasteiger partial charge in [-0.15, -0.1) is 10.1 Å². The molecule has 2 aliphatic rings. The maximum atomic E-state index is 11.9. The molecule has 0 aliphatic carbocycles.